The summed E-state index contributed by atoms with van der Waals surface area (Å²) in [6.07, 6.45) is 3.44. The number of hydrogen-bond acceptors (Lipinski definition) is 5. The number of allylic oxidation sites excluding steroid dienone is 1. The zero-order chi connectivity index (χ0) is 26.2. The highest BCUT2D eigenvalue weighted by molar-refractivity contribution is 6.00. The van der Waals surface area contributed by atoms with Gasteiger partial charge >= 0.3 is 0 Å². The van der Waals surface area contributed by atoms with E-state index in [0.29, 0.717) is 17.8 Å². The maximum atomic E-state index is 14.5. The molecule has 4 aromatic rings. The summed E-state index contributed by atoms with van der Waals surface area (Å²) < 4.78 is 16.4. The highest BCUT2D eigenvalue weighted by Crippen LogP contribution is 2.44. The summed E-state index contributed by atoms with van der Waals surface area (Å²) in [5, 5.41) is 2.30. The zero-order valence-corrected chi connectivity index (χ0v) is 21.6. The van der Waals surface area contributed by atoms with Gasteiger partial charge in [0, 0.05) is 43.0 Å². The Morgan fingerprint density at radius 1 is 0.974 bits per heavy atom. The van der Waals surface area contributed by atoms with E-state index in [9.17, 15) is 9.18 Å². The quantitative estimate of drug-likeness (QED) is 0.363. The van der Waals surface area contributed by atoms with Crippen molar-refractivity contribution in [1.82, 2.24) is 19.4 Å². The molecular weight excluding hydrogens is 477 g/mol. The van der Waals surface area contributed by atoms with Crippen molar-refractivity contribution in [2.24, 2.45) is 0 Å². The number of rotatable bonds is 5. The molecule has 1 atom stereocenters. The Morgan fingerprint density at radius 2 is 1.71 bits per heavy atom. The third kappa shape index (κ3) is 4.15. The van der Waals surface area contributed by atoms with Crippen molar-refractivity contribution < 1.29 is 9.18 Å². The highest BCUT2D eigenvalue weighted by Gasteiger charge is 2.42. The van der Waals surface area contributed by atoms with Gasteiger partial charge in [0.25, 0.3) is 0 Å². The lowest BCUT2D eigenvalue weighted by molar-refractivity contribution is 0.146. The summed E-state index contributed by atoms with van der Waals surface area (Å²) >= 11 is 0. The Morgan fingerprint density at radius 3 is 2.50 bits per heavy atom. The molecule has 0 spiro atoms. The normalized spacial score (nSPS) is 19.0. The van der Waals surface area contributed by atoms with E-state index in [1.807, 2.05) is 21.6 Å². The minimum Gasteiger partial charge on any atom is -0.312 e. The molecule has 7 heteroatoms. The number of aromatic nitrogens is 2. The Balaban J connectivity index is 1.51. The van der Waals surface area contributed by atoms with Crippen LogP contribution in [0.2, 0.25) is 0 Å². The molecule has 2 aliphatic heterocycles. The number of likely N-dealkylation sites (N-methyl/N-ethyl adjacent to an activating group) is 1. The molecule has 6 rings (SSSR count). The molecule has 1 unspecified atom stereocenters. The molecule has 0 N–H and O–H groups in total. The first-order chi connectivity index (χ1) is 18.6. The molecule has 0 bridgehead atoms. The van der Waals surface area contributed by atoms with E-state index in [2.05, 4.69) is 71.1 Å². The second-order valence-corrected chi connectivity index (χ2v) is 10.1. The van der Waals surface area contributed by atoms with Crippen LogP contribution in [-0.2, 0) is 11.3 Å². The van der Waals surface area contributed by atoms with Crippen molar-refractivity contribution in [3.63, 3.8) is 0 Å². The van der Waals surface area contributed by atoms with Gasteiger partial charge in [0.2, 0.25) is 0 Å². The van der Waals surface area contributed by atoms with E-state index < -0.39 is 0 Å². The lowest BCUT2D eigenvalue weighted by Gasteiger charge is -2.37. The van der Waals surface area contributed by atoms with Gasteiger partial charge < -0.3 is 9.47 Å². The monoisotopic (exact) mass is 507 g/mol. The van der Waals surface area contributed by atoms with E-state index in [1.54, 1.807) is 24.7 Å². The fraction of sp³-hybridized carbons (Fsp3) is 0.258. The van der Waals surface area contributed by atoms with Crippen molar-refractivity contribution >= 4 is 28.1 Å². The number of imidazole rings is 1. The first kappa shape index (κ1) is 24.3. The van der Waals surface area contributed by atoms with E-state index in [4.69, 9.17) is 0 Å². The maximum absolute atomic E-state index is 14.5. The molecule has 38 heavy (non-hydrogen) atoms. The van der Waals surface area contributed by atoms with Crippen LogP contribution in [0.25, 0.3) is 16.3 Å². The second-order valence-electron chi connectivity index (χ2n) is 10.1. The lowest BCUT2D eigenvalue weighted by Crippen LogP contribution is -2.50. The minimum atomic E-state index is -0.265. The van der Waals surface area contributed by atoms with Gasteiger partial charge in [-0.25, -0.2) is 14.2 Å². The van der Waals surface area contributed by atoms with Crippen LogP contribution in [0.15, 0.2) is 90.6 Å². The molecule has 0 radical (unpaired) electrons. The molecule has 0 aliphatic carbocycles. The highest BCUT2D eigenvalue weighted by atomic mass is 19.1. The predicted octanol–water partition coefficient (Wildman–Crippen LogP) is 4.81. The number of benzene rings is 3. The molecular formula is C31H30FN5O. The molecule has 2 aliphatic rings. The first-order valence-corrected chi connectivity index (χ1v) is 13.0. The van der Waals surface area contributed by atoms with Crippen LogP contribution >= 0.6 is 0 Å². The van der Waals surface area contributed by atoms with Crippen LogP contribution < -0.4 is 4.90 Å². The average molecular weight is 508 g/mol. The predicted molar refractivity (Wildman–Crippen MR) is 149 cm³/mol. The minimum absolute atomic E-state index is 0.246. The van der Waals surface area contributed by atoms with E-state index in [1.165, 1.54) is 6.07 Å². The van der Waals surface area contributed by atoms with Gasteiger partial charge in [-0.2, -0.15) is 0 Å². The van der Waals surface area contributed by atoms with Gasteiger partial charge in [-0.3, -0.25) is 9.80 Å². The molecule has 1 aromatic heterocycles. The van der Waals surface area contributed by atoms with Gasteiger partial charge in [-0.05, 0) is 36.4 Å². The summed E-state index contributed by atoms with van der Waals surface area (Å²) in [4.78, 5) is 23.9. The maximum Gasteiger partial charge on any atom is 0.148 e. The van der Waals surface area contributed by atoms with Crippen LogP contribution in [0.3, 0.4) is 0 Å². The third-order valence-corrected chi connectivity index (χ3v) is 7.80. The van der Waals surface area contributed by atoms with E-state index >= 15 is 0 Å². The van der Waals surface area contributed by atoms with Crippen molar-refractivity contribution in [3.8, 4) is 0 Å². The largest absolute Gasteiger partial charge is 0.312 e. The number of piperazine rings is 1. The second kappa shape index (κ2) is 10.0. The smallest absolute Gasteiger partial charge is 0.148 e. The van der Waals surface area contributed by atoms with Gasteiger partial charge in [0.1, 0.15) is 23.3 Å². The molecule has 0 saturated carbocycles. The molecule has 3 aromatic carbocycles. The lowest BCUT2D eigenvalue weighted by atomic mass is 9.92. The topological polar surface area (TPSA) is 44.6 Å². The Hall–Kier alpha value is -4.03. The van der Waals surface area contributed by atoms with Crippen molar-refractivity contribution in [3.05, 3.63) is 108 Å². The van der Waals surface area contributed by atoms with Gasteiger partial charge in [0.05, 0.1) is 25.1 Å². The number of hydrogen-bond donors (Lipinski definition) is 0. The molecule has 0 amide bonds. The molecule has 192 valence electrons. The standard InChI is InChI=1S/C31H30FN5O/c1-22-30(26-12-7-10-23-8-3-5-11-25(23)26)31(35-16-14-34(2)15-17-35)28(20-38)37(22)29-18-33-21-36(29)19-24-9-4-6-13-27(24)32/h3-13,18,21,31H,14-17,19H2,1-2H3. The van der Waals surface area contributed by atoms with Gasteiger partial charge in [-0.15, -0.1) is 0 Å². The molecule has 3 heterocycles. The summed E-state index contributed by atoms with van der Waals surface area (Å²) in [7, 11) is 2.13. The summed E-state index contributed by atoms with van der Waals surface area (Å²) in [5.74, 6) is 2.78. The zero-order valence-electron chi connectivity index (χ0n) is 21.6. The fourth-order valence-electron chi connectivity index (χ4n) is 5.82. The Labute approximate surface area is 221 Å². The number of nitrogens with zero attached hydrogens (tertiary/aromatic N) is 5. The average Bonchev–Trinajstić information content (AvgIpc) is 3.51. The summed E-state index contributed by atoms with van der Waals surface area (Å²) in [6.45, 7) is 5.91. The van der Waals surface area contributed by atoms with E-state index in [0.717, 1.165) is 59.6 Å². The van der Waals surface area contributed by atoms with E-state index in [-0.39, 0.29) is 11.9 Å². The molecule has 1 fully saturated rings. The number of fused-ring (bicyclic) bond motifs is 1. The van der Waals surface area contributed by atoms with Crippen LogP contribution in [0.5, 0.6) is 0 Å². The molecule has 6 nitrogen and oxygen atoms in total. The number of halogens is 1. The van der Waals surface area contributed by atoms with Gasteiger partial charge in [-0.1, -0.05) is 60.7 Å². The van der Waals surface area contributed by atoms with Crippen LogP contribution in [0.1, 0.15) is 18.1 Å². The molecule has 1 saturated heterocycles. The number of anilines is 1. The summed E-state index contributed by atoms with van der Waals surface area (Å²) in [6, 6.07) is 21.2. The summed E-state index contributed by atoms with van der Waals surface area (Å²) in [5.41, 5.74) is 4.28. The van der Waals surface area contributed by atoms with Crippen molar-refractivity contribution in [2.45, 2.75) is 19.5 Å². The SMILES string of the molecule is CC1=C(c2cccc3ccccc23)C(N2CCN(C)CC2)C(=C=O)N1c1cncn1Cc1ccccc1F. The number of carbonyl (C=O) groups excluding carboxylic acids is 1. The van der Waals surface area contributed by atoms with Crippen LogP contribution in [0.4, 0.5) is 10.2 Å². The van der Waals surface area contributed by atoms with Gasteiger partial charge in [0.15, 0.2) is 0 Å². The Kier molecular flexibility index (Phi) is 6.42. The van der Waals surface area contributed by atoms with Crippen LogP contribution in [0, 0.1) is 5.82 Å². The first-order valence-electron chi connectivity index (χ1n) is 13.0. The van der Waals surface area contributed by atoms with Crippen molar-refractivity contribution in [1.29, 1.82) is 0 Å². The fourth-order valence-corrected chi connectivity index (χ4v) is 5.82. The van der Waals surface area contributed by atoms with Crippen LogP contribution in [-0.4, -0.2) is 64.6 Å². The third-order valence-electron chi connectivity index (χ3n) is 7.80. The Bertz CT molecular complexity index is 1570. The van der Waals surface area contributed by atoms with Crippen molar-refractivity contribution in [2.75, 3.05) is 38.1 Å².